The van der Waals surface area contributed by atoms with Crippen LogP contribution < -0.4 is 10.6 Å². The molecule has 1 amide bonds. The molecule has 1 fully saturated rings. The number of rotatable bonds is 7. The van der Waals surface area contributed by atoms with Gasteiger partial charge in [-0.15, -0.1) is 0 Å². The van der Waals surface area contributed by atoms with Gasteiger partial charge < -0.3 is 15.7 Å². The zero-order chi connectivity index (χ0) is 25.2. The number of anilines is 1. The van der Waals surface area contributed by atoms with Crippen LogP contribution in [-0.2, 0) is 4.79 Å². The number of carboxylic acid groups (broad SMARTS) is 1. The summed E-state index contributed by atoms with van der Waals surface area (Å²) in [5.74, 6) is -0.166. The standard InChI is InChI=1S/C28H36N4O3/c1-18-10-8-13-20(16-18)24-26(31-28(2,3)4)32-15-9-14-21(25(32)30-24)27(35)29-22(17-23(33)34)19-11-6-5-7-12-19/h8-10,13-16,19,22,31H,5-7,11-12,17H2,1-4H3,(H,29,35)(H,33,34). The summed E-state index contributed by atoms with van der Waals surface area (Å²) in [5.41, 5.74) is 3.64. The van der Waals surface area contributed by atoms with Crippen molar-refractivity contribution in [3.05, 3.63) is 53.7 Å². The Morgan fingerprint density at radius 2 is 1.89 bits per heavy atom. The average Bonchev–Trinajstić information content (AvgIpc) is 3.16. The van der Waals surface area contributed by atoms with Crippen molar-refractivity contribution < 1.29 is 14.7 Å². The van der Waals surface area contributed by atoms with E-state index >= 15 is 0 Å². The Hall–Kier alpha value is -3.35. The number of nitrogens with one attached hydrogen (secondary N) is 2. The number of hydrogen-bond acceptors (Lipinski definition) is 4. The number of nitrogens with zero attached hydrogens (tertiary/aromatic N) is 2. The molecule has 3 N–H and O–H groups in total. The van der Waals surface area contributed by atoms with Gasteiger partial charge in [0.05, 0.1) is 12.0 Å². The minimum absolute atomic E-state index is 0.0701. The van der Waals surface area contributed by atoms with E-state index in [1.165, 1.54) is 6.42 Å². The van der Waals surface area contributed by atoms with E-state index in [1.54, 1.807) is 6.07 Å². The van der Waals surface area contributed by atoms with Crippen LogP contribution in [0.2, 0.25) is 0 Å². The fourth-order valence-electron chi connectivity index (χ4n) is 5.02. The first-order chi connectivity index (χ1) is 16.6. The molecule has 0 saturated heterocycles. The Balaban J connectivity index is 1.75. The van der Waals surface area contributed by atoms with Gasteiger partial charge in [-0.25, -0.2) is 4.98 Å². The zero-order valence-electron chi connectivity index (χ0n) is 21.1. The summed E-state index contributed by atoms with van der Waals surface area (Å²) in [4.78, 5) is 30.0. The number of aromatic nitrogens is 2. The Bertz CT molecular complexity index is 1220. The molecule has 1 atom stereocenters. The summed E-state index contributed by atoms with van der Waals surface area (Å²) in [7, 11) is 0. The third kappa shape index (κ3) is 5.84. The van der Waals surface area contributed by atoms with Crippen LogP contribution in [0.4, 0.5) is 5.82 Å². The number of imidazole rings is 1. The molecular weight excluding hydrogens is 440 g/mol. The first-order valence-corrected chi connectivity index (χ1v) is 12.5. The van der Waals surface area contributed by atoms with E-state index in [-0.39, 0.29) is 29.8 Å². The lowest BCUT2D eigenvalue weighted by Crippen LogP contribution is -2.42. The number of carbonyl (C=O) groups is 2. The summed E-state index contributed by atoms with van der Waals surface area (Å²) in [6.07, 6.45) is 7.05. The van der Waals surface area contributed by atoms with Gasteiger partial charge in [0.1, 0.15) is 11.5 Å². The topological polar surface area (TPSA) is 95.7 Å². The molecule has 186 valence electrons. The second kappa shape index (κ2) is 10.1. The molecule has 7 heteroatoms. The highest BCUT2D eigenvalue weighted by molar-refractivity contribution is 6.01. The molecule has 2 heterocycles. The Kier molecular flexibility index (Phi) is 7.15. The van der Waals surface area contributed by atoms with Crippen LogP contribution >= 0.6 is 0 Å². The van der Waals surface area contributed by atoms with Crippen LogP contribution in [0.3, 0.4) is 0 Å². The monoisotopic (exact) mass is 476 g/mol. The van der Waals surface area contributed by atoms with Crippen molar-refractivity contribution >= 4 is 23.3 Å². The van der Waals surface area contributed by atoms with E-state index in [9.17, 15) is 14.7 Å². The zero-order valence-corrected chi connectivity index (χ0v) is 21.1. The van der Waals surface area contributed by atoms with Gasteiger partial charge in [0, 0.05) is 23.3 Å². The van der Waals surface area contributed by atoms with Crippen LogP contribution in [-0.4, -0.2) is 37.9 Å². The van der Waals surface area contributed by atoms with Crippen molar-refractivity contribution in [1.82, 2.24) is 14.7 Å². The lowest BCUT2D eigenvalue weighted by Gasteiger charge is -2.30. The Labute approximate surface area is 207 Å². The molecule has 3 aromatic rings. The number of carbonyl (C=O) groups excluding carboxylic acids is 1. The summed E-state index contributed by atoms with van der Waals surface area (Å²) in [6.45, 7) is 8.31. The summed E-state index contributed by atoms with van der Waals surface area (Å²) < 4.78 is 1.92. The molecule has 0 spiro atoms. The summed E-state index contributed by atoms with van der Waals surface area (Å²) >= 11 is 0. The highest BCUT2D eigenvalue weighted by atomic mass is 16.4. The molecule has 1 aliphatic carbocycles. The van der Waals surface area contributed by atoms with Crippen LogP contribution in [0.15, 0.2) is 42.6 Å². The third-order valence-corrected chi connectivity index (χ3v) is 6.61. The molecule has 1 saturated carbocycles. The molecule has 1 unspecified atom stereocenters. The molecule has 35 heavy (non-hydrogen) atoms. The number of amides is 1. The van der Waals surface area contributed by atoms with Crippen molar-refractivity contribution in [2.24, 2.45) is 5.92 Å². The van der Waals surface area contributed by atoms with Gasteiger partial charge >= 0.3 is 5.97 Å². The normalized spacial score (nSPS) is 15.7. The van der Waals surface area contributed by atoms with E-state index in [1.807, 2.05) is 41.8 Å². The third-order valence-electron chi connectivity index (χ3n) is 6.61. The fourth-order valence-corrected chi connectivity index (χ4v) is 5.02. The van der Waals surface area contributed by atoms with E-state index in [2.05, 4.69) is 37.5 Å². The van der Waals surface area contributed by atoms with Gasteiger partial charge in [-0.2, -0.15) is 0 Å². The lowest BCUT2D eigenvalue weighted by atomic mass is 9.82. The second-order valence-electron chi connectivity index (χ2n) is 10.7. The van der Waals surface area contributed by atoms with Crippen molar-refractivity contribution in [2.75, 3.05) is 5.32 Å². The second-order valence-corrected chi connectivity index (χ2v) is 10.7. The van der Waals surface area contributed by atoms with E-state index in [4.69, 9.17) is 4.98 Å². The maximum atomic E-state index is 13.5. The van der Waals surface area contributed by atoms with E-state index in [0.29, 0.717) is 11.2 Å². The Morgan fingerprint density at radius 3 is 2.54 bits per heavy atom. The molecule has 0 aliphatic heterocycles. The molecule has 7 nitrogen and oxygen atoms in total. The van der Waals surface area contributed by atoms with Gasteiger partial charge in [-0.1, -0.05) is 43.0 Å². The van der Waals surface area contributed by atoms with E-state index in [0.717, 1.165) is 48.3 Å². The highest BCUT2D eigenvalue weighted by Gasteiger charge is 2.29. The number of hydrogen-bond donors (Lipinski definition) is 3. The molecular formula is C28H36N4O3. The van der Waals surface area contributed by atoms with Crippen molar-refractivity contribution in [3.8, 4) is 11.3 Å². The van der Waals surface area contributed by atoms with Gasteiger partial charge in [-0.05, 0) is 64.7 Å². The van der Waals surface area contributed by atoms with Crippen LogP contribution in [0.5, 0.6) is 0 Å². The van der Waals surface area contributed by atoms with Crippen molar-refractivity contribution in [1.29, 1.82) is 0 Å². The number of pyridine rings is 1. The smallest absolute Gasteiger partial charge is 0.305 e. The number of aryl methyl sites for hydroxylation is 1. The van der Waals surface area contributed by atoms with Gasteiger partial charge in [-0.3, -0.25) is 14.0 Å². The average molecular weight is 477 g/mol. The minimum Gasteiger partial charge on any atom is -0.481 e. The SMILES string of the molecule is Cc1cccc(-c2nc3c(C(=O)NC(CC(=O)O)C4CCCCC4)cccn3c2NC(C)(C)C)c1. The summed E-state index contributed by atoms with van der Waals surface area (Å²) in [5, 5.41) is 16.1. The van der Waals surface area contributed by atoms with Gasteiger partial charge in [0.15, 0.2) is 5.65 Å². The quantitative estimate of drug-likeness (QED) is 0.408. The molecule has 1 aromatic carbocycles. The highest BCUT2D eigenvalue weighted by Crippen LogP contribution is 2.33. The minimum atomic E-state index is -0.890. The summed E-state index contributed by atoms with van der Waals surface area (Å²) in [6, 6.07) is 11.4. The van der Waals surface area contributed by atoms with Crippen LogP contribution in [0, 0.1) is 12.8 Å². The molecule has 4 rings (SSSR count). The first kappa shape index (κ1) is 24.8. The van der Waals surface area contributed by atoms with Crippen LogP contribution in [0.1, 0.15) is 75.2 Å². The van der Waals surface area contributed by atoms with Crippen LogP contribution in [0.25, 0.3) is 16.9 Å². The predicted octanol–water partition coefficient (Wildman–Crippen LogP) is 5.67. The van der Waals surface area contributed by atoms with Gasteiger partial charge in [0.2, 0.25) is 0 Å². The fraction of sp³-hybridized carbons (Fsp3) is 0.464. The molecule has 1 aliphatic rings. The van der Waals surface area contributed by atoms with Crippen molar-refractivity contribution in [2.45, 2.75) is 77.8 Å². The Morgan fingerprint density at radius 1 is 1.14 bits per heavy atom. The maximum Gasteiger partial charge on any atom is 0.305 e. The maximum absolute atomic E-state index is 13.5. The largest absolute Gasteiger partial charge is 0.481 e. The van der Waals surface area contributed by atoms with E-state index < -0.39 is 5.97 Å². The predicted molar refractivity (Wildman–Crippen MR) is 139 cm³/mol. The number of aliphatic carboxylic acids is 1. The van der Waals surface area contributed by atoms with Gasteiger partial charge in [0.25, 0.3) is 5.91 Å². The lowest BCUT2D eigenvalue weighted by molar-refractivity contribution is -0.137. The first-order valence-electron chi connectivity index (χ1n) is 12.5. The molecule has 0 radical (unpaired) electrons. The molecule has 2 aromatic heterocycles. The number of benzene rings is 1. The number of fused-ring (bicyclic) bond motifs is 1. The molecule has 0 bridgehead atoms. The number of carboxylic acids is 1. The van der Waals surface area contributed by atoms with Crippen molar-refractivity contribution in [3.63, 3.8) is 0 Å².